The molecule has 0 fully saturated rings. The molecule has 0 atom stereocenters. The van der Waals surface area contributed by atoms with Gasteiger partial charge in [-0.25, -0.2) is 0 Å². The van der Waals surface area contributed by atoms with Gasteiger partial charge in [0.1, 0.15) is 0 Å². The molecule has 0 aromatic carbocycles. The summed E-state index contributed by atoms with van der Waals surface area (Å²) in [7, 11) is -5.17. The van der Waals surface area contributed by atoms with Gasteiger partial charge in [0.15, 0.2) is 0 Å². The van der Waals surface area contributed by atoms with E-state index >= 15 is 0 Å². The van der Waals surface area contributed by atoms with Gasteiger partial charge in [-0.15, -0.1) is 0 Å². The Morgan fingerprint density at radius 2 is 0.786 bits per heavy atom. The molecule has 0 bridgehead atoms. The van der Waals surface area contributed by atoms with Crippen LogP contribution in [0.1, 0.15) is 0 Å². The van der Waals surface area contributed by atoms with Gasteiger partial charge in [0, 0.05) is 10.4 Å². The number of hydrogen-bond donors (Lipinski definition) is 0. The van der Waals surface area contributed by atoms with E-state index in [2.05, 4.69) is 0 Å². The molecule has 14 heteroatoms. The molecule has 0 amide bonds. The quantitative estimate of drug-likeness (QED) is 0.231. The molecule has 0 spiro atoms. The summed E-state index contributed by atoms with van der Waals surface area (Å²) >= 11 is -5.75. The van der Waals surface area contributed by atoms with Crippen molar-refractivity contribution in [1.82, 2.24) is 0 Å². The standard InChI is InChI=1S/Cr.4K.H2O4S.4O/c;;;;;1-5(2,3)4;;;;/h;;;;;(H2,1,2,3,4);;;;/q;4*+1;;;;2*-1/p-2. The molecule has 0 radical (unpaired) electrons. The minimum absolute atomic E-state index is 0. The molecule has 0 N–H and O–H groups in total. The summed E-state index contributed by atoms with van der Waals surface area (Å²) in [5, 5.41) is 0. The molecule has 0 saturated carbocycles. The second-order valence-electron chi connectivity index (χ2n) is 0.816. The van der Waals surface area contributed by atoms with Gasteiger partial charge in [0.05, 0.1) is 0 Å². The van der Waals surface area contributed by atoms with Crippen molar-refractivity contribution in [2.45, 2.75) is 0 Å². The van der Waals surface area contributed by atoms with Crippen molar-refractivity contribution in [3.05, 3.63) is 0 Å². The van der Waals surface area contributed by atoms with Crippen molar-refractivity contribution in [2.24, 2.45) is 0 Å². The Balaban J connectivity index is -0.0000000178. The molecule has 0 unspecified atom stereocenters. The SMILES string of the molecule is O=S(=O)([O-])[O-].[K+].[K+].[K+].[K+].[O]=[Cr](=[O])([O-])[O-]. The summed E-state index contributed by atoms with van der Waals surface area (Å²) in [5.41, 5.74) is 0. The van der Waals surface area contributed by atoms with Crippen LogP contribution in [-0.2, 0) is 31.6 Å². The monoisotopic (exact) mass is 368 g/mol. The first-order valence-electron chi connectivity index (χ1n) is 1.33. The second kappa shape index (κ2) is 19.5. The molecule has 0 heterocycles. The molecule has 0 aliphatic carbocycles. The van der Waals surface area contributed by atoms with E-state index in [-0.39, 0.29) is 206 Å². The Hall–Kier alpha value is 6.47. The van der Waals surface area contributed by atoms with Crippen molar-refractivity contribution in [3.63, 3.8) is 0 Å². The van der Waals surface area contributed by atoms with Crippen molar-refractivity contribution in [1.29, 1.82) is 0 Å². The molecule has 14 heavy (non-hydrogen) atoms. The van der Waals surface area contributed by atoms with Crippen LogP contribution in [0.3, 0.4) is 0 Å². The fourth-order valence-electron chi connectivity index (χ4n) is 0. The maximum atomic E-state index is 8.59. The molecule has 8 nitrogen and oxygen atoms in total. The van der Waals surface area contributed by atoms with Gasteiger partial charge in [0.25, 0.3) is 0 Å². The summed E-state index contributed by atoms with van der Waals surface area (Å²) < 4.78 is 68.5. The topological polar surface area (TPSA) is 161 Å². The Bertz CT molecular complexity index is 218. The van der Waals surface area contributed by atoms with Crippen LogP contribution >= 0.6 is 0 Å². The van der Waals surface area contributed by atoms with Gasteiger partial charge in [-0.3, -0.25) is 8.42 Å². The third-order valence-electron chi connectivity index (χ3n) is 0. The average Bonchev–Trinajstić information content (AvgIpc) is 1.12. The van der Waals surface area contributed by atoms with Crippen LogP contribution < -0.4 is 214 Å². The molecular weight excluding hydrogens is 368 g/mol. The third kappa shape index (κ3) is 135. The van der Waals surface area contributed by atoms with Gasteiger partial charge < -0.3 is 9.11 Å². The molecule has 0 aliphatic heterocycles. The van der Waals surface area contributed by atoms with E-state index in [9.17, 15) is 0 Å². The van der Waals surface area contributed by atoms with Crippen molar-refractivity contribution >= 4 is 10.4 Å². The Morgan fingerprint density at radius 1 is 0.786 bits per heavy atom. The Morgan fingerprint density at radius 3 is 0.786 bits per heavy atom. The van der Waals surface area contributed by atoms with Crippen LogP contribution in [0.5, 0.6) is 0 Å². The van der Waals surface area contributed by atoms with Crippen LogP contribution in [0.2, 0.25) is 0 Å². The molecule has 0 aromatic rings. The van der Waals surface area contributed by atoms with E-state index in [0.29, 0.717) is 0 Å². The minimum atomic E-state index is -5.75. The van der Waals surface area contributed by atoms with E-state index in [1.165, 1.54) is 0 Å². The Kier molecular flexibility index (Phi) is 51.5. The van der Waals surface area contributed by atoms with Gasteiger partial charge in [-0.2, -0.15) is 0 Å². The zero-order valence-electron chi connectivity index (χ0n) is 8.08. The summed E-state index contributed by atoms with van der Waals surface area (Å²) in [6.45, 7) is 0. The Labute approximate surface area is 254 Å². The van der Waals surface area contributed by atoms with E-state index < -0.39 is 24.0 Å². The van der Waals surface area contributed by atoms with E-state index in [1.807, 2.05) is 0 Å². The summed E-state index contributed by atoms with van der Waals surface area (Å²) in [6.07, 6.45) is 0. The molecular formula is CrK4O8S. The fourth-order valence-corrected chi connectivity index (χ4v) is 0. The summed E-state index contributed by atoms with van der Waals surface area (Å²) in [4.78, 5) is 0. The van der Waals surface area contributed by atoms with E-state index in [0.717, 1.165) is 0 Å². The van der Waals surface area contributed by atoms with Crippen molar-refractivity contribution in [2.75, 3.05) is 0 Å². The molecule has 0 aromatic heterocycles. The zero-order valence-corrected chi connectivity index (χ0v) is 22.7. The van der Waals surface area contributed by atoms with E-state index in [1.54, 1.807) is 0 Å². The van der Waals surface area contributed by atoms with Crippen molar-refractivity contribution in [3.8, 4) is 0 Å². The third-order valence-corrected chi connectivity index (χ3v) is 0. The normalized spacial score (nSPS) is 8.29. The first-order valence-corrected chi connectivity index (χ1v) is 4.75. The van der Waals surface area contributed by atoms with Crippen molar-refractivity contribution < 1.29 is 253 Å². The summed E-state index contributed by atoms with van der Waals surface area (Å²) in [6, 6.07) is 0. The number of rotatable bonds is 0. The molecule has 0 saturated heterocycles. The van der Waals surface area contributed by atoms with Gasteiger partial charge in [0.2, 0.25) is 0 Å². The first-order chi connectivity index (χ1) is 4.00. The van der Waals surface area contributed by atoms with Crippen LogP contribution in [0.4, 0.5) is 0 Å². The van der Waals surface area contributed by atoms with Crippen LogP contribution in [-0.4, -0.2) is 17.5 Å². The van der Waals surface area contributed by atoms with E-state index in [4.69, 9.17) is 33.4 Å². The molecule has 0 rings (SSSR count). The van der Waals surface area contributed by atoms with Crippen LogP contribution in [0, 0.1) is 0 Å². The zero-order chi connectivity index (χ0) is 9.00. The van der Waals surface area contributed by atoms with Crippen LogP contribution in [0.25, 0.3) is 0 Å². The number of hydrogen-bond acceptors (Lipinski definition) is 8. The van der Waals surface area contributed by atoms with Gasteiger partial charge >= 0.3 is 235 Å². The molecule has 64 valence electrons. The maximum absolute atomic E-state index is 8.59. The van der Waals surface area contributed by atoms with Gasteiger partial charge in [-0.05, 0) is 0 Å². The summed E-state index contributed by atoms with van der Waals surface area (Å²) in [5.74, 6) is 0. The second-order valence-corrected chi connectivity index (χ2v) is 2.91. The first kappa shape index (κ1) is 37.1. The van der Waals surface area contributed by atoms with Crippen LogP contribution in [0.15, 0.2) is 0 Å². The average molecular weight is 368 g/mol. The predicted octanol–water partition coefficient (Wildman–Crippen LogP) is -15.9. The fraction of sp³-hybridized carbons (Fsp3) is 0. The molecule has 0 aliphatic rings. The predicted molar refractivity (Wildman–Crippen MR) is 11.8 cm³/mol. The van der Waals surface area contributed by atoms with Gasteiger partial charge in [-0.1, -0.05) is 0 Å².